The van der Waals surface area contributed by atoms with E-state index in [-0.39, 0.29) is 5.91 Å². The molecule has 1 amide bonds. The van der Waals surface area contributed by atoms with Crippen LogP contribution in [0, 0.1) is 6.92 Å². The molecule has 0 aliphatic carbocycles. The van der Waals surface area contributed by atoms with E-state index >= 15 is 0 Å². The molecule has 2 aromatic carbocycles. The maximum absolute atomic E-state index is 12.5. The molecule has 0 unspecified atom stereocenters. The van der Waals surface area contributed by atoms with Crippen molar-refractivity contribution >= 4 is 16.9 Å². The smallest absolute Gasteiger partial charge is 0.251 e. The van der Waals surface area contributed by atoms with Crippen molar-refractivity contribution in [3.63, 3.8) is 0 Å². The summed E-state index contributed by atoms with van der Waals surface area (Å²) in [5.41, 5.74) is 3.74. The van der Waals surface area contributed by atoms with Crippen molar-refractivity contribution in [2.24, 2.45) is 0 Å². The van der Waals surface area contributed by atoms with Crippen molar-refractivity contribution < 1.29 is 9.32 Å². The van der Waals surface area contributed by atoms with E-state index in [0.717, 1.165) is 16.6 Å². The van der Waals surface area contributed by atoms with E-state index in [1.807, 2.05) is 43.3 Å². The number of fused-ring (bicyclic) bond motifs is 1. The zero-order valence-electron chi connectivity index (χ0n) is 13.5. The lowest BCUT2D eigenvalue weighted by Crippen LogP contribution is -2.24. The van der Waals surface area contributed by atoms with Crippen LogP contribution in [0.4, 0.5) is 0 Å². The molecule has 0 atom stereocenters. The van der Waals surface area contributed by atoms with E-state index in [2.05, 4.69) is 20.6 Å². The van der Waals surface area contributed by atoms with Crippen LogP contribution >= 0.6 is 0 Å². The number of benzene rings is 2. The average molecular weight is 333 g/mol. The molecule has 2 aromatic heterocycles. The van der Waals surface area contributed by atoms with Crippen LogP contribution < -0.4 is 5.32 Å². The fourth-order valence-corrected chi connectivity index (χ4v) is 2.71. The van der Waals surface area contributed by atoms with Crippen LogP contribution in [0.5, 0.6) is 0 Å². The Bertz CT molecular complexity index is 1040. The zero-order chi connectivity index (χ0) is 17.2. The van der Waals surface area contributed by atoms with Gasteiger partial charge < -0.3 is 9.84 Å². The van der Waals surface area contributed by atoms with Gasteiger partial charge in [0, 0.05) is 10.9 Å². The molecule has 2 heterocycles. The summed E-state index contributed by atoms with van der Waals surface area (Å²) < 4.78 is 6.90. The van der Waals surface area contributed by atoms with Crippen LogP contribution in [0.2, 0.25) is 0 Å². The predicted molar refractivity (Wildman–Crippen MR) is 91.3 cm³/mol. The third kappa shape index (κ3) is 2.87. The summed E-state index contributed by atoms with van der Waals surface area (Å²) in [5, 5.41) is 11.9. The normalized spacial score (nSPS) is 10.9. The van der Waals surface area contributed by atoms with Gasteiger partial charge in [0.05, 0.1) is 12.2 Å². The second-order valence-corrected chi connectivity index (χ2v) is 5.65. The van der Waals surface area contributed by atoms with Crippen molar-refractivity contribution in [1.82, 2.24) is 25.2 Å². The Labute approximate surface area is 143 Å². The molecule has 7 heteroatoms. The molecule has 0 saturated heterocycles. The number of hydrogen-bond donors (Lipinski definition) is 1. The third-order valence-corrected chi connectivity index (χ3v) is 4.01. The Morgan fingerprint density at radius 3 is 2.92 bits per heavy atom. The number of rotatable bonds is 4. The monoisotopic (exact) mass is 333 g/mol. The van der Waals surface area contributed by atoms with E-state index < -0.39 is 0 Å². The van der Waals surface area contributed by atoms with Gasteiger partial charge in [-0.3, -0.25) is 4.79 Å². The molecule has 0 fully saturated rings. The Morgan fingerprint density at radius 2 is 2.12 bits per heavy atom. The summed E-state index contributed by atoms with van der Waals surface area (Å²) >= 11 is 0. The summed E-state index contributed by atoms with van der Waals surface area (Å²) in [7, 11) is 0. The molecular formula is C18H15N5O2. The molecule has 0 saturated carbocycles. The number of para-hydroxylation sites is 1. The maximum atomic E-state index is 12.5. The number of amides is 1. The van der Waals surface area contributed by atoms with Crippen molar-refractivity contribution in [1.29, 1.82) is 0 Å². The number of nitrogens with zero attached hydrogens (tertiary/aromatic N) is 4. The van der Waals surface area contributed by atoms with Crippen LogP contribution in [0.15, 0.2) is 59.6 Å². The van der Waals surface area contributed by atoms with Gasteiger partial charge >= 0.3 is 0 Å². The molecule has 124 valence electrons. The minimum absolute atomic E-state index is 0.158. The Hall–Kier alpha value is -3.48. The first-order valence-electron chi connectivity index (χ1n) is 7.79. The van der Waals surface area contributed by atoms with E-state index in [0.29, 0.717) is 23.4 Å². The fraction of sp³-hybridized carbons (Fsp3) is 0.111. The van der Waals surface area contributed by atoms with Crippen LogP contribution in [-0.4, -0.2) is 25.8 Å². The number of carbonyl (C=O) groups is 1. The molecule has 7 nitrogen and oxygen atoms in total. The highest BCUT2D eigenvalue weighted by Crippen LogP contribution is 2.18. The first-order chi connectivity index (χ1) is 12.2. The van der Waals surface area contributed by atoms with Crippen molar-refractivity contribution in [2.45, 2.75) is 13.5 Å². The molecular weight excluding hydrogens is 318 g/mol. The zero-order valence-corrected chi connectivity index (χ0v) is 13.5. The minimum atomic E-state index is -0.158. The molecule has 0 aliphatic heterocycles. The summed E-state index contributed by atoms with van der Waals surface area (Å²) in [6.45, 7) is 2.20. The number of aromatic nitrogens is 4. The van der Waals surface area contributed by atoms with Gasteiger partial charge in [-0.1, -0.05) is 17.3 Å². The van der Waals surface area contributed by atoms with Gasteiger partial charge in [-0.15, -0.1) is 0 Å². The number of nitrogens with one attached hydrogen (secondary N) is 1. The average Bonchev–Trinajstić information content (AvgIpc) is 3.29. The third-order valence-electron chi connectivity index (χ3n) is 4.01. The van der Waals surface area contributed by atoms with Gasteiger partial charge in [-0.2, -0.15) is 5.10 Å². The topological polar surface area (TPSA) is 85.8 Å². The van der Waals surface area contributed by atoms with Gasteiger partial charge in [-0.05, 0) is 42.8 Å². The van der Waals surface area contributed by atoms with E-state index in [4.69, 9.17) is 4.52 Å². The quantitative estimate of drug-likeness (QED) is 0.620. The fourth-order valence-electron chi connectivity index (χ4n) is 2.71. The van der Waals surface area contributed by atoms with Crippen molar-refractivity contribution in [3.8, 4) is 5.69 Å². The Kier molecular flexibility index (Phi) is 3.74. The molecule has 1 N–H and O–H groups in total. The highest BCUT2D eigenvalue weighted by molar-refractivity contribution is 5.96. The Balaban J connectivity index is 1.51. The van der Waals surface area contributed by atoms with Gasteiger partial charge in [-0.25, -0.2) is 9.67 Å². The first kappa shape index (κ1) is 15.1. The molecule has 0 aliphatic rings. The second-order valence-electron chi connectivity index (χ2n) is 5.65. The Morgan fingerprint density at radius 1 is 1.24 bits per heavy atom. The highest BCUT2D eigenvalue weighted by Gasteiger charge is 2.13. The highest BCUT2D eigenvalue weighted by atomic mass is 16.5. The van der Waals surface area contributed by atoms with Crippen LogP contribution in [0.25, 0.3) is 16.7 Å². The molecule has 0 radical (unpaired) electrons. The van der Waals surface area contributed by atoms with Crippen LogP contribution in [-0.2, 0) is 6.54 Å². The van der Waals surface area contributed by atoms with Gasteiger partial charge in [0.2, 0.25) is 0 Å². The number of hydrogen-bond acceptors (Lipinski definition) is 5. The number of carbonyl (C=O) groups excluding carboxylic acids is 1. The standard InChI is InChI=1S/C18H15N5O2/c1-12-8-13(23-11-19-10-21-23)6-7-14(12)18(24)20-9-16-15-4-2-3-5-17(15)25-22-16/h2-8,10-11H,9H2,1H3,(H,20,24). The van der Waals surface area contributed by atoms with Gasteiger partial charge in [0.15, 0.2) is 5.58 Å². The lowest BCUT2D eigenvalue weighted by Gasteiger charge is -2.09. The van der Waals surface area contributed by atoms with Gasteiger partial charge in [0.25, 0.3) is 5.91 Å². The molecule has 0 spiro atoms. The SMILES string of the molecule is Cc1cc(-n2cncn2)ccc1C(=O)NCc1noc2ccccc12. The van der Waals surface area contributed by atoms with Crippen LogP contribution in [0.3, 0.4) is 0 Å². The lowest BCUT2D eigenvalue weighted by molar-refractivity contribution is 0.0949. The van der Waals surface area contributed by atoms with E-state index in [1.165, 1.54) is 6.33 Å². The molecule has 0 bridgehead atoms. The second kappa shape index (κ2) is 6.20. The maximum Gasteiger partial charge on any atom is 0.251 e. The first-order valence-corrected chi connectivity index (χ1v) is 7.79. The lowest BCUT2D eigenvalue weighted by atomic mass is 10.1. The molecule has 4 rings (SSSR count). The summed E-state index contributed by atoms with van der Waals surface area (Å²) in [6.07, 6.45) is 3.09. The molecule has 25 heavy (non-hydrogen) atoms. The van der Waals surface area contributed by atoms with E-state index in [1.54, 1.807) is 17.1 Å². The van der Waals surface area contributed by atoms with Crippen molar-refractivity contribution in [3.05, 3.63) is 71.9 Å². The van der Waals surface area contributed by atoms with E-state index in [9.17, 15) is 4.79 Å². The summed E-state index contributed by atoms with van der Waals surface area (Å²) in [6, 6.07) is 13.1. The summed E-state index contributed by atoms with van der Waals surface area (Å²) in [4.78, 5) is 16.4. The van der Waals surface area contributed by atoms with Crippen molar-refractivity contribution in [2.75, 3.05) is 0 Å². The largest absolute Gasteiger partial charge is 0.356 e. The van der Waals surface area contributed by atoms with Crippen LogP contribution in [0.1, 0.15) is 21.6 Å². The van der Waals surface area contributed by atoms with Gasteiger partial charge in [0.1, 0.15) is 18.3 Å². The predicted octanol–water partition coefficient (Wildman–Crippen LogP) is 2.65. The molecule has 4 aromatic rings. The minimum Gasteiger partial charge on any atom is -0.356 e. The summed E-state index contributed by atoms with van der Waals surface area (Å²) in [5.74, 6) is -0.158. The number of aryl methyl sites for hydroxylation is 1.